The van der Waals surface area contributed by atoms with Gasteiger partial charge >= 0.3 is 5.97 Å². The molecule has 0 aliphatic carbocycles. The Morgan fingerprint density at radius 1 is 1.28 bits per heavy atom. The normalized spacial score (nSPS) is 10.7. The molecule has 0 radical (unpaired) electrons. The number of carboxylic acids is 1. The van der Waals surface area contributed by atoms with Crippen LogP contribution in [0.15, 0.2) is 12.4 Å². The second-order valence-corrected chi connectivity index (χ2v) is 4.30. The summed E-state index contributed by atoms with van der Waals surface area (Å²) in [6.45, 7) is 4.77. The highest BCUT2D eigenvalue weighted by atomic mass is 16.4. The van der Waals surface area contributed by atoms with Crippen LogP contribution in [0.3, 0.4) is 0 Å². The van der Waals surface area contributed by atoms with E-state index in [0.717, 1.165) is 31.9 Å². The minimum Gasteiger partial charge on any atom is -0.476 e. The molecule has 1 aromatic heterocycles. The molecule has 1 aromatic rings. The van der Waals surface area contributed by atoms with Crippen LogP contribution in [-0.4, -0.2) is 59.7 Å². The Kier molecular flexibility index (Phi) is 5.51. The van der Waals surface area contributed by atoms with E-state index in [9.17, 15) is 4.79 Å². The Morgan fingerprint density at radius 2 is 2.00 bits per heavy atom. The van der Waals surface area contributed by atoms with Gasteiger partial charge in [0, 0.05) is 13.1 Å². The summed E-state index contributed by atoms with van der Waals surface area (Å²) in [4.78, 5) is 22.9. The van der Waals surface area contributed by atoms with E-state index in [1.54, 1.807) is 0 Å². The zero-order valence-corrected chi connectivity index (χ0v) is 11.1. The van der Waals surface area contributed by atoms with Gasteiger partial charge in [-0.3, -0.25) is 0 Å². The van der Waals surface area contributed by atoms with Gasteiger partial charge in [-0.05, 0) is 34.0 Å². The fourth-order valence-corrected chi connectivity index (χ4v) is 1.61. The molecular formula is C12H20N4O2. The lowest BCUT2D eigenvalue weighted by molar-refractivity contribution is 0.0690. The van der Waals surface area contributed by atoms with Crippen LogP contribution in [0.5, 0.6) is 0 Å². The van der Waals surface area contributed by atoms with E-state index in [0.29, 0.717) is 0 Å². The monoisotopic (exact) mass is 252 g/mol. The van der Waals surface area contributed by atoms with Crippen LogP contribution < -0.4 is 4.90 Å². The SMILES string of the molecule is CCN(CCCN(C)C)c1cnc(C(=O)O)cn1. The summed E-state index contributed by atoms with van der Waals surface area (Å²) < 4.78 is 0. The maximum absolute atomic E-state index is 10.7. The summed E-state index contributed by atoms with van der Waals surface area (Å²) >= 11 is 0. The molecule has 0 spiro atoms. The van der Waals surface area contributed by atoms with Gasteiger partial charge in [-0.2, -0.15) is 0 Å². The van der Waals surface area contributed by atoms with Crippen molar-refractivity contribution in [2.75, 3.05) is 38.6 Å². The zero-order chi connectivity index (χ0) is 13.5. The number of nitrogens with zero attached hydrogens (tertiary/aromatic N) is 4. The van der Waals surface area contributed by atoms with Crippen LogP contribution in [0.4, 0.5) is 5.82 Å². The topological polar surface area (TPSA) is 69.6 Å². The van der Waals surface area contributed by atoms with Gasteiger partial charge in [0.1, 0.15) is 5.82 Å². The first-order chi connectivity index (χ1) is 8.54. The van der Waals surface area contributed by atoms with E-state index < -0.39 is 5.97 Å². The summed E-state index contributed by atoms with van der Waals surface area (Å²) in [5, 5.41) is 8.75. The van der Waals surface area contributed by atoms with Crippen molar-refractivity contribution in [1.29, 1.82) is 0 Å². The number of carboxylic acid groups (broad SMARTS) is 1. The maximum Gasteiger partial charge on any atom is 0.356 e. The van der Waals surface area contributed by atoms with Crippen molar-refractivity contribution in [3.05, 3.63) is 18.1 Å². The Labute approximate surface area is 107 Å². The number of aromatic nitrogens is 2. The highest BCUT2D eigenvalue weighted by molar-refractivity contribution is 5.84. The van der Waals surface area contributed by atoms with Crippen LogP contribution in [0.2, 0.25) is 0 Å². The Bertz CT molecular complexity index is 378. The number of rotatable bonds is 7. The molecule has 1 N–H and O–H groups in total. The third kappa shape index (κ3) is 4.29. The number of hydrogen-bond acceptors (Lipinski definition) is 5. The van der Waals surface area contributed by atoms with E-state index >= 15 is 0 Å². The van der Waals surface area contributed by atoms with Crippen molar-refractivity contribution in [2.24, 2.45) is 0 Å². The Hall–Kier alpha value is -1.69. The van der Waals surface area contributed by atoms with E-state index in [1.807, 2.05) is 21.0 Å². The Morgan fingerprint density at radius 3 is 2.44 bits per heavy atom. The molecule has 1 rings (SSSR count). The fraction of sp³-hybridized carbons (Fsp3) is 0.583. The van der Waals surface area contributed by atoms with Crippen LogP contribution in [0, 0.1) is 0 Å². The van der Waals surface area contributed by atoms with Crippen molar-refractivity contribution in [3.63, 3.8) is 0 Å². The second-order valence-electron chi connectivity index (χ2n) is 4.30. The van der Waals surface area contributed by atoms with E-state index in [2.05, 4.69) is 19.8 Å². The average molecular weight is 252 g/mol. The molecule has 0 unspecified atom stereocenters. The van der Waals surface area contributed by atoms with E-state index in [4.69, 9.17) is 5.11 Å². The molecule has 0 aromatic carbocycles. The summed E-state index contributed by atoms with van der Waals surface area (Å²) in [6.07, 6.45) is 3.85. The average Bonchev–Trinajstić information content (AvgIpc) is 2.34. The fourth-order valence-electron chi connectivity index (χ4n) is 1.61. The minimum atomic E-state index is -1.05. The molecule has 18 heavy (non-hydrogen) atoms. The molecule has 0 aliphatic heterocycles. The van der Waals surface area contributed by atoms with Crippen LogP contribution in [0.1, 0.15) is 23.8 Å². The number of carbonyl (C=O) groups is 1. The molecule has 0 saturated carbocycles. The summed E-state index contributed by atoms with van der Waals surface area (Å²) in [5.74, 6) is -0.328. The predicted molar refractivity (Wildman–Crippen MR) is 70.0 cm³/mol. The van der Waals surface area contributed by atoms with E-state index in [-0.39, 0.29) is 5.69 Å². The molecule has 1 heterocycles. The van der Waals surface area contributed by atoms with Crippen LogP contribution in [-0.2, 0) is 0 Å². The molecule has 0 aliphatic rings. The van der Waals surface area contributed by atoms with Gasteiger partial charge in [0.05, 0.1) is 12.4 Å². The number of aromatic carboxylic acids is 1. The summed E-state index contributed by atoms with van der Waals surface area (Å²) in [6, 6.07) is 0. The van der Waals surface area contributed by atoms with Crippen molar-refractivity contribution in [3.8, 4) is 0 Å². The standard InChI is InChI=1S/C12H20N4O2/c1-4-16(7-5-6-15(2)3)11-9-13-10(8-14-11)12(17)18/h8-9H,4-7H2,1-3H3,(H,17,18). The first-order valence-corrected chi connectivity index (χ1v) is 5.99. The molecule has 6 nitrogen and oxygen atoms in total. The van der Waals surface area contributed by atoms with Crippen molar-refractivity contribution in [1.82, 2.24) is 14.9 Å². The second kappa shape index (κ2) is 6.90. The van der Waals surface area contributed by atoms with Gasteiger partial charge in [0.2, 0.25) is 0 Å². The number of anilines is 1. The third-order valence-electron chi connectivity index (χ3n) is 2.60. The van der Waals surface area contributed by atoms with Crippen molar-refractivity contribution >= 4 is 11.8 Å². The Balaban J connectivity index is 2.61. The highest BCUT2D eigenvalue weighted by Crippen LogP contribution is 2.09. The van der Waals surface area contributed by atoms with Gasteiger partial charge in [0.15, 0.2) is 5.69 Å². The minimum absolute atomic E-state index is 0.0249. The predicted octanol–water partition coefficient (Wildman–Crippen LogP) is 0.953. The summed E-state index contributed by atoms with van der Waals surface area (Å²) in [5.41, 5.74) is -0.0249. The zero-order valence-electron chi connectivity index (χ0n) is 11.1. The first kappa shape index (κ1) is 14.4. The highest BCUT2D eigenvalue weighted by Gasteiger charge is 2.09. The van der Waals surface area contributed by atoms with Gasteiger partial charge < -0.3 is 14.9 Å². The van der Waals surface area contributed by atoms with Gasteiger partial charge in [-0.15, -0.1) is 0 Å². The van der Waals surface area contributed by atoms with Crippen molar-refractivity contribution < 1.29 is 9.90 Å². The van der Waals surface area contributed by atoms with Gasteiger partial charge in [-0.25, -0.2) is 14.8 Å². The number of hydrogen-bond donors (Lipinski definition) is 1. The van der Waals surface area contributed by atoms with Crippen LogP contribution in [0.25, 0.3) is 0 Å². The lowest BCUT2D eigenvalue weighted by atomic mass is 10.3. The van der Waals surface area contributed by atoms with Gasteiger partial charge in [0.25, 0.3) is 0 Å². The maximum atomic E-state index is 10.7. The molecule has 6 heteroatoms. The molecule has 0 bridgehead atoms. The molecule has 0 fully saturated rings. The molecule has 0 amide bonds. The largest absolute Gasteiger partial charge is 0.476 e. The van der Waals surface area contributed by atoms with Crippen LogP contribution >= 0.6 is 0 Å². The lowest BCUT2D eigenvalue weighted by Gasteiger charge is -2.22. The van der Waals surface area contributed by atoms with Crippen molar-refractivity contribution in [2.45, 2.75) is 13.3 Å². The molecule has 100 valence electrons. The first-order valence-electron chi connectivity index (χ1n) is 5.99. The smallest absolute Gasteiger partial charge is 0.356 e. The van der Waals surface area contributed by atoms with Gasteiger partial charge in [-0.1, -0.05) is 0 Å². The quantitative estimate of drug-likeness (QED) is 0.779. The lowest BCUT2D eigenvalue weighted by Crippen LogP contribution is -2.28. The third-order valence-corrected chi connectivity index (χ3v) is 2.60. The molecule has 0 atom stereocenters. The molecular weight excluding hydrogens is 232 g/mol. The molecule has 0 saturated heterocycles. The summed E-state index contributed by atoms with van der Waals surface area (Å²) in [7, 11) is 4.08. The van der Waals surface area contributed by atoms with E-state index in [1.165, 1.54) is 12.4 Å².